The Hall–Kier alpha value is -2.63. The van der Waals surface area contributed by atoms with Gasteiger partial charge < -0.3 is 9.73 Å². The second-order valence-electron chi connectivity index (χ2n) is 5.15. The SMILES string of the molecule is C[C@H](Sc1nnc(Cc2ccccc2)o1)C(=O)Nc1sccc1C#N. The average Bonchev–Trinajstić information content (AvgIpc) is 3.25. The lowest BCUT2D eigenvalue weighted by Crippen LogP contribution is -2.22. The molecule has 0 aliphatic carbocycles. The highest BCUT2D eigenvalue weighted by Gasteiger charge is 2.20. The highest BCUT2D eigenvalue weighted by molar-refractivity contribution is 8.00. The standard InChI is InChI=1S/C17H14N4O2S2/c1-11(15(22)19-16-13(10-18)7-8-24-16)25-17-21-20-14(23-17)9-12-5-3-2-4-6-12/h2-8,11H,9H2,1H3,(H,19,22)/t11-/m0/s1. The minimum Gasteiger partial charge on any atom is -0.416 e. The van der Waals surface area contributed by atoms with Gasteiger partial charge >= 0.3 is 0 Å². The molecule has 0 aliphatic heterocycles. The Kier molecular flexibility index (Phi) is 5.48. The Bertz CT molecular complexity index is 899. The molecule has 25 heavy (non-hydrogen) atoms. The van der Waals surface area contributed by atoms with E-state index in [-0.39, 0.29) is 5.91 Å². The van der Waals surface area contributed by atoms with Gasteiger partial charge in [0, 0.05) is 0 Å². The number of hydrogen-bond donors (Lipinski definition) is 1. The third-order valence-corrected chi connectivity index (χ3v) is 5.08. The van der Waals surface area contributed by atoms with E-state index < -0.39 is 5.25 Å². The molecule has 1 amide bonds. The van der Waals surface area contributed by atoms with Crippen molar-refractivity contribution in [2.24, 2.45) is 0 Å². The van der Waals surface area contributed by atoms with E-state index in [1.807, 2.05) is 36.4 Å². The maximum Gasteiger partial charge on any atom is 0.277 e. The van der Waals surface area contributed by atoms with Crippen LogP contribution in [0.15, 0.2) is 51.4 Å². The second kappa shape index (κ2) is 7.96. The Labute approximate surface area is 152 Å². The van der Waals surface area contributed by atoms with Gasteiger partial charge in [0.25, 0.3) is 5.22 Å². The van der Waals surface area contributed by atoms with Crippen LogP contribution in [0.5, 0.6) is 0 Å². The zero-order valence-electron chi connectivity index (χ0n) is 13.3. The summed E-state index contributed by atoms with van der Waals surface area (Å²) in [6, 6.07) is 13.5. The Morgan fingerprint density at radius 1 is 1.36 bits per heavy atom. The van der Waals surface area contributed by atoms with Gasteiger partial charge in [-0.25, -0.2) is 0 Å². The summed E-state index contributed by atoms with van der Waals surface area (Å²) in [6.07, 6.45) is 0.551. The molecule has 0 saturated carbocycles. The first-order chi connectivity index (χ1) is 12.2. The summed E-state index contributed by atoms with van der Waals surface area (Å²) in [5.74, 6) is 0.290. The molecule has 3 rings (SSSR count). The van der Waals surface area contributed by atoms with Gasteiger partial charge in [0.15, 0.2) is 0 Å². The minimum absolute atomic E-state index is 0.216. The fraction of sp³-hybridized carbons (Fsp3) is 0.176. The van der Waals surface area contributed by atoms with Crippen LogP contribution in [0.3, 0.4) is 0 Å². The van der Waals surface area contributed by atoms with Crippen LogP contribution in [-0.2, 0) is 11.2 Å². The first-order valence-corrected chi connectivity index (χ1v) is 9.23. The van der Waals surface area contributed by atoms with Crippen molar-refractivity contribution >= 4 is 34.0 Å². The Balaban J connectivity index is 1.58. The predicted molar refractivity (Wildman–Crippen MR) is 96.5 cm³/mol. The van der Waals surface area contributed by atoms with Crippen molar-refractivity contribution in [3.8, 4) is 6.07 Å². The molecule has 6 nitrogen and oxygen atoms in total. The van der Waals surface area contributed by atoms with E-state index in [9.17, 15) is 4.79 Å². The molecule has 0 spiro atoms. The van der Waals surface area contributed by atoms with E-state index in [0.717, 1.165) is 5.56 Å². The Morgan fingerprint density at radius 3 is 2.92 bits per heavy atom. The van der Waals surface area contributed by atoms with Crippen LogP contribution < -0.4 is 5.32 Å². The molecule has 0 radical (unpaired) electrons. The lowest BCUT2D eigenvalue weighted by Gasteiger charge is -2.08. The molecule has 0 bridgehead atoms. The summed E-state index contributed by atoms with van der Waals surface area (Å²) in [6.45, 7) is 1.75. The molecular formula is C17H14N4O2S2. The number of thioether (sulfide) groups is 1. The maximum atomic E-state index is 12.3. The van der Waals surface area contributed by atoms with Crippen molar-refractivity contribution in [1.82, 2.24) is 10.2 Å². The molecule has 0 saturated heterocycles. The fourth-order valence-corrected chi connectivity index (χ4v) is 3.48. The highest BCUT2D eigenvalue weighted by Crippen LogP contribution is 2.26. The van der Waals surface area contributed by atoms with Crippen molar-refractivity contribution in [3.63, 3.8) is 0 Å². The van der Waals surface area contributed by atoms with Crippen molar-refractivity contribution in [2.75, 3.05) is 5.32 Å². The summed E-state index contributed by atoms with van der Waals surface area (Å²) in [4.78, 5) is 12.3. The number of aromatic nitrogens is 2. The summed E-state index contributed by atoms with van der Waals surface area (Å²) >= 11 is 2.50. The largest absolute Gasteiger partial charge is 0.416 e. The fourth-order valence-electron chi connectivity index (χ4n) is 2.04. The van der Waals surface area contributed by atoms with Crippen LogP contribution >= 0.6 is 23.1 Å². The van der Waals surface area contributed by atoms with Gasteiger partial charge in [0.2, 0.25) is 11.8 Å². The quantitative estimate of drug-likeness (QED) is 0.665. The molecule has 1 aromatic carbocycles. The first kappa shape index (κ1) is 17.2. The van der Waals surface area contributed by atoms with Gasteiger partial charge in [-0.05, 0) is 23.9 Å². The number of anilines is 1. The van der Waals surface area contributed by atoms with Crippen LogP contribution in [0.25, 0.3) is 0 Å². The van der Waals surface area contributed by atoms with Gasteiger partial charge in [-0.3, -0.25) is 4.79 Å². The minimum atomic E-state index is -0.432. The summed E-state index contributed by atoms with van der Waals surface area (Å²) in [7, 11) is 0. The summed E-state index contributed by atoms with van der Waals surface area (Å²) in [5.41, 5.74) is 1.54. The van der Waals surface area contributed by atoms with E-state index in [0.29, 0.717) is 28.1 Å². The zero-order chi connectivity index (χ0) is 17.6. The molecule has 1 atom stereocenters. The van der Waals surface area contributed by atoms with Crippen LogP contribution in [0.4, 0.5) is 5.00 Å². The van der Waals surface area contributed by atoms with Gasteiger partial charge in [0.05, 0.1) is 17.2 Å². The normalized spacial score (nSPS) is 11.7. The number of carbonyl (C=O) groups excluding carboxylic acids is 1. The number of nitriles is 1. The molecule has 0 fully saturated rings. The third kappa shape index (κ3) is 4.47. The monoisotopic (exact) mass is 370 g/mol. The lowest BCUT2D eigenvalue weighted by molar-refractivity contribution is -0.115. The predicted octanol–water partition coefficient (Wildman–Crippen LogP) is 3.71. The number of nitrogens with zero attached hydrogens (tertiary/aromatic N) is 3. The van der Waals surface area contributed by atoms with Gasteiger partial charge in [-0.1, -0.05) is 42.1 Å². The molecule has 0 aliphatic rings. The third-order valence-electron chi connectivity index (χ3n) is 3.32. The number of thiophene rings is 1. The molecule has 2 aromatic heterocycles. The van der Waals surface area contributed by atoms with E-state index in [4.69, 9.17) is 9.68 Å². The maximum absolute atomic E-state index is 12.3. The first-order valence-electron chi connectivity index (χ1n) is 7.47. The molecule has 1 N–H and O–H groups in total. The van der Waals surface area contributed by atoms with Crippen LogP contribution in [-0.4, -0.2) is 21.4 Å². The molecule has 0 unspecified atom stereocenters. The van der Waals surface area contributed by atoms with E-state index in [1.165, 1.54) is 23.1 Å². The number of benzene rings is 1. The number of rotatable bonds is 6. The van der Waals surface area contributed by atoms with Crippen LogP contribution in [0.1, 0.15) is 23.9 Å². The van der Waals surface area contributed by atoms with Gasteiger partial charge in [-0.2, -0.15) is 5.26 Å². The lowest BCUT2D eigenvalue weighted by atomic mass is 10.2. The van der Waals surface area contributed by atoms with E-state index in [2.05, 4.69) is 15.5 Å². The molecular weight excluding hydrogens is 356 g/mol. The average molecular weight is 370 g/mol. The zero-order valence-corrected chi connectivity index (χ0v) is 14.9. The second-order valence-corrected chi connectivity index (χ2v) is 7.36. The van der Waals surface area contributed by atoms with Crippen LogP contribution in [0.2, 0.25) is 0 Å². The van der Waals surface area contributed by atoms with Crippen molar-refractivity contribution in [2.45, 2.75) is 23.8 Å². The smallest absolute Gasteiger partial charge is 0.277 e. The topological polar surface area (TPSA) is 91.8 Å². The summed E-state index contributed by atoms with van der Waals surface area (Å²) in [5, 5.41) is 22.0. The van der Waals surface area contributed by atoms with Gasteiger partial charge in [-0.15, -0.1) is 21.5 Å². The van der Waals surface area contributed by atoms with Crippen molar-refractivity contribution in [3.05, 3.63) is 58.8 Å². The molecule has 2 heterocycles. The van der Waals surface area contributed by atoms with Gasteiger partial charge in [0.1, 0.15) is 11.1 Å². The highest BCUT2D eigenvalue weighted by atomic mass is 32.2. The Morgan fingerprint density at radius 2 is 2.16 bits per heavy atom. The molecule has 3 aromatic rings. The number of hydrogen-bond acceptors (Lipinski definition) is 7. The number of amides is 1. The molecule has 8 heteroatoms. The van der Waals surface area contributed by atoms with Crippen molar-refractivity contribution < 1.29 is 9.21 Å². The van der Waals surface area contributed by atoms with Crippen LogP contribution in [0, 0.1) is 11.3 Å². The van der Waals surface area contributed by atoms with Crippen molar-refractivity contribution in [1.29, 1.82) is 5.26 Å². The summed E-state index contributed by atoms with van der Waals surface area (Å²) < 4.78 is 5.60. The van der Waals surface area contributed by atoms with E-state index in [1.54, 1.807) is 18.4 Å². The number of carbonyl (C=O) groups is 1. The number of nitrogens with one attached hydrogen (secondary N) is 1. The molecule has 126 valence electrons. The van der Waals surface area contributed by atoms with E-state index >= 15 is 0 Å².